The molecule has 1 heterocycles. The van der Waals surface area contributed by atoms with Crippen LogP contribution in [0.2, 0.25) is 5.02 Å². The number of rotatable bonds is 6. The van der Waals surface area contributed by atoms with E-state index >= 15 is 0 Å². The average Bonchev–Trinajstić information content (AvgIpc) is 3.21. The summed E-state index contributed by atoms with van der Waals surface area (Å²) in [6.45, 7) is 0.279. The van der Waals surface area contributed by atoms with Crippen LogP contribution in [0.4, 0.5) is 10.5 Å². The first-order valence-corrected chi connectivity index (χ1v) is 11.5. The molecule has 0 unspecified atom stereocenters. The fourth-order valence-corrected chi connectivity index (χ4v) is 6.44. The standard InChI is InChI=1S/C23H28ClN5O2/c24-18-2-3-20(29-7-1-5-26-29)19(11-18)27-21(30)4-6-25-22(31)28-23-12-15-8-16(13-23)10-17(9-15)14-23/h1-3,5,7,11,15-17H,4,6,8-10,12-14H2,(H,27,30)(H2,25,28,31). The van der Waals surface area contributed by atoms with Crippen molar-refractivity contribution >= 4 is 29.2 Å². The van der Waals surface area contributed by atoms with Crippen molar-refractivity contribution in [2.24, 2.45) is 17.8 Å². The van der Waals surface area contributed by atoms with Crippen LogP contribution in [0.5, 0.6) is 0 Å². The van der Waals surface area contributed by atoms with E-state index in [-0.39, 0.29) is 30.4 Å². The predicted octanol–water partition coefficient (Wildman–Crippen LogP) is 4.12. The lowest BCUT2D eigenvalue weighted by molar-refractivity contribution is -0.116. The topological polar surface area (TPSA) is 88.0 Å². The number of nitrogens with one attached hydrogen (secondary N) is 3. The van der Waals surface area contributed by atoms with Crippen molar-refractivity contribution in [3.05, 3.63) is 41.7 Å². The molecule has 1 aromatic carbocycles. The van der Waals surface area contributed by atoms with E-state index in [1.807, 2.05) is 12.1 Å². The molecule has 0 atom stereocenters. The first kappa shape index (κ1) is 20.4. The molecule has 0 radical (unpaired) electrons. The third kappa shape index (κ3) is 4.42. The molecule has 3 amide bonds. The van der Waals surface area contributed by atoms with Gasteiger partial charge in [-0.2, -0.15) is 5.10 Å². The molecule has 31 heavy (non-hydrogen) atoms. The zero-order chi connectivity index (χ0) is 21.4. The Bertz CT molecular complexity index is 939. The molecule has 4 bridgehead atoms. The lowest BCUT2D eigenvalue weighted by Gasteiger charge is -2.56. The van der Waals surface area contributed by atoms with Crippen molar-refractivity contribution in [3.63, 3.8) is 0 Å². The van der Waals surface area contributed by atoms with Crippen LogP contribution in [0.25, 0.3) is 5.69 Å². The van der Waals surface area contributed by atoms with Gasteiger partial charge in [-0.1, -0.05) is 11.6 Å². The molecular formula is C23H28ClN5O2. The second-order valence-electron chi connectivity index (χ2n) is 9.49. The molecule has 164 valence electrons. The van der Waals surface area contributed by atoms with Crippen molar-refractivity contribution in [2.45, 2.75) is 50.5 Å². The molecule has 0 spiro atoms. The molecule has 6 rings (SSSR count). The number of hydrogen-bond acceptors (Lipinski definition) is 3. The van der Waals surface area contributed by atoms with Crippen molar-refractivity contribution in [1.82, 2.24) is 20.4 Å². The van der Waals surface area contributed by atoms with Crippen LogP contribution in [0.3, 0.4) is 0 Å². The van der Waals surface area contributed by atoms with Crippen LogP contribution in [0.15, 0.2) is 36.7 Å². The smallest absolute Gasteiger partial charge is 0.315 e. The highest BCUT2D eigenvalue weighted by molar-refractivity contribution is 6.31. The van der Waals surface area contributed by atoms with Crippen LogP contribution in [-0.2, 0) is 4.79 Å². The van der Waals surface area contributed by atoms with Gasteiger partial charge in [-0.15, -0.1) is 0 Å². The van der Waals surface area contributed by atoms with Gasteiger partial charge in [-0.05, 0) is 80.5 Å². The second-order valence-corrected chi connectivity index (χ2v) is 9.93. The third-order valence-corrected chi connectivity index (χ3v) is 7.27. The molecule has 4 aliphatic carbocycles. The molecule has 0 aliphatic heterocycles. The van der Waals surface area contributed by atoms with E-state index in [0.717, 1.165) is 42.7 Å². The number of carbonyl (C=O) groups excluding carboxylic acids is 2. The minimum atomic E-state index is -0.189. The number of benzene rings is 1. The average molecular weight is 442 g/mol. The highest BCUT2D eigenvalue weighted by atomic mass is 35.5. The third-order valence-electron chi connectivity index (χ3n) is 7.04. The molecule has 7 nitrogen and oxygen atoms in total. The van der Waals surface area contributed by atoms with Gasteiger partial charge in [0, 0.05) is 35.9 Å². The maximum absolute atomic E-state index is 12.5. The second kappa shape index (κ2) is 8.19. The fourth-order valence-electron chi connectivity index (χ4n) is 6.27. The minimum Gasteiger partial charge on any atom is -0.338 e. The fraction of sp³-hybridized carbons (Fsp3) is 0.522. The largest absolute Gasteiger partial charge is 0.338 e. The van der Waals surface area contributed by atoms with Gasteiger partial charge in [0.2, 0.25) is 5.91 Å². The molecule has 1 aromatic heterocycles. The van der Waals surface area contributed by atoms with Gasteiger partial charge < -0.3 is 16.0 Å². The number of urea groups is 1. The summed E-state index contributed by atoms with van der Waals surface area (Å²) in [5.74, 6) is 2.14. The summed E-state index contributed by atoms with van der Waals surface area (Å²) in [6, 6.07) is 6.91. The molecule has 4 fully saturated rings. The summed E-state index contributed by atoms with van der Waals surface area (Å²) >= 11 is 6.11. The summed E-state index contributed by atoms with van der Waals surface area (Å²) in [5, 5.41) is 13.8. The maximum atomic E-state index is 12.5. The molecular weight excluding hydrogens is 414 g/mol. The molecule has 3 N–H and O–H groups in total. The van der Waals surface area contributed by atoms with Gasteiger partial charge in [-0.25, -0.2) is 9.48 Å². The van der Waals surface area contributed by atoms with E-state index in [1.54, 1.807) is 29.2 Å². The van der Waals surface area contributed by atoms with Crippen molar-refractivity contribution < 1.29 is 9.59 Å². The lowest BCUT2D eigenvalue weighted by Crippen LogP contribution is -2.61. The summed E-state index contributed by atoms with van der Waals surface area (Å²) in [5.41, 5.74) is 1.29. The van der Waals surface area contributed by atoms with Crippen LogP contribution in [-0.4, -0.2) is 33.8 Å². The van der Waals surface area contributed by atoms with E-state index in [0.29, 0.717) is 10.7 Å². The summed E-state index contributed by atoms with van der Waals surface area (Å²) in [4.78, 5) is 25.0. The van der Waals surface area contributed by atoms with Crippen LogP contribution < -0.4 is 16.0 Å². The van der Waals surface area contributed by atoms with Crippen LogP contribution in [0, 0.1) is 17.8 Å². The Morgan fingerprint density at radius 1 is 1.13 bits per heavy atom. The van der Waals surface area contributed by atoms with Gasteiger partial charge in [0.25, 0.3) is 0 Å². The van der Waals surface area contributed by atoms with E-state index in [9.17, 15) is 9.59 Å². The Kier molecular flexibility index (Phi) is 5.38. The first-order valence-electron chi connectivity index (χ1n) is 11.1. The Morgan fingerprint density at radius 3 is 2.48 bits per heavy atom. The van der Waals surface area contributed by atoms with E-state index < -0.39 is 0 Å². The Balaban J connectivity index is 1.13. The SMILES string of the molecule is O=C(CCNC(=O)NC12CC3CC(CC(C3)C1)C2)Nc1cc(Cl)ccc1-n1cccn1. The highest BCUT2D eigenvalue weighted by Gasteiger charge is 2.51. The monoisotopic (exact) mass is 441 g/mol. The minimum absolute atomic E-state index is 0.0272. The Labute approximate surface area is 186 Å². The van der Waals surface area contributed by atoms with Gasteiger partial charge in [0.1, 0.15) is 0 Å². The summed E-state index contributed by atoms with van der Waals surface area (Å²) < 4.78 is 1.67. The molecule has 8 heteroatoms. The normalized spacial score (nSPS) is 28.4. The predicted molar refractivity (Wildman–Crippen MR) is 119 cm³/mol. The first-order chi connectivity index (χ1) is 15.0. The van der Waals surface area contributed by atoms with Gasteiger partial charge in [0.05, 0.1) is 11.4 Å². The number of amides is 3. The van der Waals surface area contributed by atoms with Gasteiger partial charge >= 0.3 is 6.03 Å². The molecule has 4 aliphatic rings. The van der Waals surface area contributed by atoms with Crippen LogP contribution >= 0.6 is 11.6 Å². The van der Waals surface area contributed by atoms with E-state index in [1.165, 1.54) is 19.3 Å². The number of nitrogens with zero attached hydrogens (tertiary/aromatic N) is 2. The van der Waals surface area contributed by atoms with E-state index in [4.69, 9.17) is 11.6 Å². The highest BCUT2D eigenvalue weighted by Crippen LogP contribution is 2.55. The quantitative estimate of drug-likeness (QED) is 0.630. The number of anilines is 1. The molecule has 4 saturated carbocycles. The van der Waals surface area contributed by atoms with Crippen molar-refractivity contribution in [3.8, 4) is 5.69 Å². The van der Waals surface area contributed by atoms with Gasteiger partial charge in [-0.3, -0.25) is 4.79 Å². The number of hydrogen-bond donors (Lipinski definition) is 3. The number of halogens is 1. The zero-order valence-electron chi connectivity index (χ0n) is 17.4. The zero-order valence-corrected chi connectivity index (χ0v) is 18.2. The molecule has 2 aromatic rings. The summed E-state index contributed by atoms with van der Waals surface area (Å²) in [7, 11) is 0. The van der Waals surface area contributed by atoms with E-state index in [2.05, 4.69) is 21.0 Å². The Morgan fingerprint density at radius 2 is 1.84 bits per heavy atom. The number of carbonyl (C=O) groups is 2. The lowest BCUT2D eigenvalue weighted by atomic mass is 9.53. The summed E-state index contributed by atoms with van der Waals surface area (Å²) in [6.07, 6.45) is 11.0. The van der Waals surface area contributed by atoms with Gasteiger partial charge in [0.15, 0.2) is 0 Å². The number of aromatic nitrogens is 2. The van der Waals surface area contributed by atoms with Crippen molar-refractivity contribution in [1.29, 1.82) is 0 Å². The maximum Gasteiger partial charge on any atom is 0.315 e. The van der Waals surface area contributed by atoms with Crippen molar-refractivity contribution in [2.75, 3.05) is 11.9 Å². The molecule has 0 saturated heterocycles. The Hall–Kier alpha value is -2.54. The van der Waals surface area contributed by atoms with Crippen LogP contribution in [0.1, 0.15) is 44.9 Å².